The predicted molar refractivity (Wildman–Crippen MR) is 239 cm³/mol. The zero-order valence-electron chi connectivity index (χ0n) is 32.4. The van der Waals surface area contributed by atoms with Gasteiger partial charge in [-0.05, 0) is 29.3 Å². The van der Waals surface area contributed by atoms with E-state index in [-0.39, 0.29) is 21.8 Å². The van der Waals surface area contributed by atoms with Crippen LogP contribution in [0.5, 0.6) is 34.5 Å². The standard InChI is InChI=1S/C51H32N4O7/c56-37-25-39(58)46(60)42-43-45(38(57)26-40(59)47(43)61)55(44(37)42)36-24-30(33-18-10-19-35-34-17-7-8-20-41(34)62-48(33)35)21-22-32(36)29-15-9-16-31(23-29)51-53-49(27-11-3-1-4-12-27)52-50(54-51)28-13-5-2-6-14-28/h1-26,56-61H. The van der Waals surface area contributed by atoms with Crippen LogP contribution in [0.4, 0.5) is 0 Å². The second-order valence-electron chi connectivity index (χ2n) is 14.9. The zero-order chi connectivity index (χ0) is 42.2. The topological polar surface area (TPSA) is 178 Å². The molecule has 0 unspecified atom stereocenters. The van der Waals surface area contributed by atoms with Crippen LogP contribution in [0.25, 0.3) is 106 Å². The Kier molecular flexibility index (Phi) is 8.12. The van der Waals surface area contributed by atoms with Crippen LogP contribution in [0.3, 0.4) is 0 Å². The summed E-state index contributed by atoms with van der Waals surface area (Å²) in [5.74, 6) is -2.23. The van der Waals surface area contributed by atoms with E-state index in [0.29, 0.717) is 51.0 Å². The summed E-state index contributed by atoms with van der Waals surface area (Å²) in [6, 6.07) is 48.2. The number of rotatable bonds is 6. The van der Waals surface area contributed by atoms with E-state index in [2.05, 4.69) is 0 Å². The maximum Gasteiger partial charge on any atom is 0.168 e. The van der Waals surface area contributed by atoms with Crippen molar-refractivity contribution < 1.29 is 35.1 Å². The lowest BCUT2D eigenvalue weighted by Gasteiger charge is -2.18. The van der Waals surface area contributed by atoms with Crippen molar-refractivity contribution in [2.24, 2.45) is 0 Å². The molecule has 62 heavy (non-hydrogen) atoms. The number of para-hydroxylation sites is 2. The molecule has 11 nitrogen and oxygen atoms in total. The summed E-state index contributed by atoms with van der Waals surface area (Å²) >= 11 is 0. The fourth-order valence-corrected chi connectivity index (χ4v) is 8.41. The molecule has 11 heteroatoms. The van der Waals surface area contributed by atoms with Crippen LogP contribution in [0.2, 0.25) is 0 Å². The van der Waals surface area contributed by atoms with E-state index in [9.17, 15) is 30.6 Å². The first-order valence-electron chi connectivity index (χ1n) is 19.6. The highest BCUT2D eigenvalue weighted by molar-refractivity contribution is 6.20. The molecule has 298 valence electrons. The number of aromatic nitrogens is 4. The summed E-state index contributed by atoms with van der Waals surface area (Å²) in [5, 5.41) is 68.8. The van der Waals surface area contributed by atoms with Gasteiger partial charge in [0.1, 0.15) is 33.7 Å². The van der Waals surface area contributed by atoms with E-state index < -0.39 is 34.5 Å². The number of fused-ring (bicyclic) bond motifs is 6. The van der Waals surface area contributed by atoms with Gasteiger partial charge in [0.15, 0.2) is 40.5 Å². The minimum atomic E-state index is -0.674. The molecule has 0 radical (unpaired) electrons. The Morgan fingerprint density at radius 1 is 0.387 bits per heavy atom. The number of hydrogen-bond donors (Lipinski definition) is 6. The summed E-state index contributed by atoms with van der Waals surface area (Å²) in [5.41, 5.74) is 6.65. The molecule has 3 heterocycles. The molecule has 0 spiro atoms. The second-order valence-corrected chi connectivity index (χ2v) is 14.9. The van der Waals surface area contributed by atoms with Gasteiger partial charge in [-0.15, -0.1) is 0 Å². The van der Waals surface area contributed by atoms with Crippen molar-refractivity contribution in [2.45, 2.75) is 0 Å². The zero-order valence-corrected chi connectivity index (χ0v) is 32.4. The van der Waals surface area contributed by atoms with Crippen molar-refractivity contribution in [3.05, 3.63) is 158 Å². The third-order valence-corrected chi connectivity index (χ3v) is 11.2. The van der Waals surface area contributed by atoms with Gasteiger partial charge < -0.3 is 39.6 Å². The lowest BCUT2D eigenvalue weighted by molar-refractivity contribution is 0.400. The van der Waals surface area contributed by atoms with Gasteiger partial charge in [-0.25, -0.2) is 15.0 Å². The summed E-state index contributed by atoms with van der Waals surface area (Å²) in [6.45, 7) is 0. The molecular formula is C51H32N4O7. The van der Waals surface area contributed by atoms with Crippen molar-refractivity contribution in [1.82, 2.24) is 19.5 Å². The van der Waals surface area contributed by atoms with E-state index in [1.807, 2.05) is 146 Å². The second kappa shape index (κ2) is 13.9. The first-order chi connectivity index (χ1) is 30.2. The molecule has 0 aliphatic carbocycles. The molecule has 8 aromatic carbocycles. The molecule has 11 rings (SSSR count). The molecule has 6 N–H and O–H groups in total. The Morgan fingerprint density at radius 3 is 1.52 bits per heavy atom. The van der Waals surface area contributed by atoms with Gasteiger partial charge in [-0.3, -0.25) is 0 Å². The molecule has 0 aliphatic heterocycles. The first kappa shape index (κ1) is 36.3. The molecule has 0 saturated heterocycles. The van der Waals surface area contributed by atoms with Gasteiger partial charge in [-0.1, -0.05) is 127 Å². The van der Waals surface area contributed by atoms with Gasteiger partial charge >= 0.3 is 0 Å². The Labute approximate surface area is 351 Å². The van der Waals surface area contributed by atoms with Gasteiger partial charge in [0.25, 0.3) is 0 Å². The highest BCUT2D eigenvalue weighted by Crippen LogP contribution is 2.54. The predicted octanol–water partition coefficient (Wildman–Crippen LogP) is 11.4. The van der Waals surface area contributed by atoms with Gasteiger partial charge in [0, 0.05) is 50.7 Å². The summed E-state index contributed by atoms with van der Waals surface area (Å²) in [4.78, 5) is 14.7. The third-order valence-electron chi connectivity index (χ3n) is 11.2. The molecule has 3 aromatic heterocycles. The SMILES string of the molecule is Oc1cc(O)c2c(c1O)c1c(O)c(O)cc(O)c1n2-c1cc(-c2cccc3c2oc2ccccc23)ccc1-c1cccc(-c2nc(-c3ccccc3)nc(-c3ccccc3)n2)c1. The van der Waals surface area contributed by atoms with Crippen LogP contribution >= 0.6 is 0 Å². The molecule has 0 atom stereocenters. The third kappa shape index (κ3) is 5.64. The highest BCUT2D eigenvalue weighted by Gasteiger charge is 2.29. The van der Waals surface area contributed by atoms with Crippen LogP contribution in [-0.2, 0) is 0 Å². The Balaban J connectivity index is 1.20. The van der Waals surface area contributed by atoms with E-state index in [4.69, 9.17) is 19.4 Å². The molecule has 0 amide bonds. The number of aromatic hydroxyl groups is 6. The summed E-state index contributed by atoms with van der Waals surface area (Å²) < 4.78 is 7.94. The molecule has 11 aromatic rings. The average Bonchev–Trinajstić information content (AvgIpc) is 3.88. The number of benzene rings is 8. The van der Waals surface area contributed by atoms with E-state index in [1.54, 1.807) is 0 Å². The van der Waals surface area contributed by atoms with Crippen LogP contribution in [0.1, 0.15) is 0 Å². The average molecular weight is 813 g/mol. The Morgan fingerprint density at radius 2 is 0.887 bits per heavy atom. The van der Waals surface area contributed by atoms with Crippen molar-refractivity contribution in [2.75, 3.05) is 0 Å². The number of nitrogens with zero attached hydrogens (tertiary/aromatic N) is 4. The van der Waals surface area contributed by atoms with Gasteiger partial charge in [0.05, 0.1) is 16.5 Å². The molecule has 0 fully saturated rings. The molecule has 0 aliphatic rings. The molecular weight excluding hydrogens is 781 g/mol. The lowest BCUT2D eigenvalue weighted by Crippen LogP contribution is -2.01. The van der Waals surface area contributed by atoms with Gasteiger partial charge in [0.2, 0.25) is 0 Å². The summed E-state index contributed by atoms with van der Waals surface area (Å²) in [6.07, 6.45) is 0. The largest absolute Gasteiger partial charge is 0.506 e. The summed E-state index contributed by atoms with van der Waals surface area (Å²) in [7, 11) is 0. The van der Waals surface area contributed by atoms with Crippen molar-refractivity contribution >= 4 is 43.7 Å². The monoisotopic (exact) mass is 812 g/mol. The van der Waals surface area contributed by atoms with E-state index in [1.165, 1.54) is 4.57 Å². The highest BCUT2D eigenvalue weighted by atomic mass is 16.3. The van der Waals surface area contributed by atoms with Crippen molar-refractivity contribution in [1.29, 1.82) is 0 Å². The van der Waals surface area contributed by atoms with E-state index >= 15 is 0 Å². The quantitative estimate of drug-likeness (QED) is 0.0699. The minimum absolute atomic E-state index is 0.0551. The minimum Gasteiger partial charge on any atom is -0.506 e. The fourth-order valence-electron chi connectivity index (χ4n) is 8.41. The fraction of sp³-hybridized carbons (Fsp3) is 0. The number of phenolic OH excluding ortho intramolecular Hbond substituents is 6. The van der Waals surface area contributed by atoms with Crippen molar-refractivity contribution in [3.8, 4) is 96.6 Å². The molecule has 0 saturated carbocycles. The Bertz CT molecular complexity index is 3470. The first-order valence-corrected chi connectivity index (χ1v) is 19.6. The van der Waals surface area contributed by atoms with Gasteiger partial charge in [-0.2, -0.15) is 0 Å². The number of phenols is 6. The van der Waals surface area contributed by atoms with Crippen molar-refractivity contribution in [3.63, 3.8) is 0 Å². The normalized spacial score (nSPS) is 11.6. The lowest BCUT2D eigenvalue weighted by atomic mass is 9.95. The number of furan rings is 1. The maximum atomic E-state index is 11.6. The molecule has 0 bridgehead atoms. The van der Waals surface area contributed by atoms with Crippen LogP contribution in [0.15, 0.2) is 162 Å². The Hall–Kier alpha value is -8.83. The van der Waals surface area contributed by atoms with E-state index in [0.717, 1.165) is 45.2 Å². The van der Waals surface area contributed by atoms with Crippen LogP contribution in [-0.4, -0.2) is 50.2 Å². The van der Waals surface area contributed by atoms with Crippen LogP contribution < -0.4 is 0 Å². The number of hydrogen-bond acceptors (Lipinski definition) is 10. The smallest absolute Gasteiger partial charge is 0.168 e. The van der Waals surface area contributed by atoms with Crippen LogP contribution in [0, 0.1) is 0 Å². The maximum absolute atomic E-state index is 11.6.